The number of carbonyl (C=O) groups is 1. The second-order valence-electron chi connectivity index (χ2n) is 5.70. The number of hydrogen-bond acceptors (Lipinski definition) is 3. The van der Waals surface area contributed by atoms with Gasteiger partial charge in [0.25, 0.3) is 0 Å². The molecular formula is C17H23NO3. The second-order valence-corrected chi connectivity index (χ2v) is 5.70. The summed E-state index contributed by atoms with van der Waals surface area (Å²) < 4.78 is 5.54. The lowest BCUT2D eigenvalue weighted by Gasteiger charge is -2.26. The lowest BCUT2D eigenvalue weighted by molar-refractivity contribution is -0.132. The lowest BCUT2D eigenvalue weighted by Crippen LogP contribution is -2.39. The predicted octanol–water partition coefficient (Wildman–Crippen LogP) is 2.90. The van der Waals surface area contributed by atoms with E-state index >= 15 is 0 Å². The second kappa shape index (κ2) is 6.76. The number of carbonyl (C=O) groups excluding carboxylic acids is 1. The first-order valence-corrected chi connectivity index (χ1v) is 7.40. The highest BCUT2D eigenvalue weighted by Gasteiger charge is 2.18. The molecule has 21 heavy (non-hydrogen) atoms. The molecule has 2 aromatic rings. The number of benzene rings is 1. The van der Waals surface area contributed by atoms with Gasteiger partial charge >= 0.3 is 0 Å². The number of furan rings is 1. The number of rotatable bonds is 6. The highest BCUT2D eigenvalue weighted by atomic mass is 16.3. The molecule has 0 radical (unpaired) electrons. The van der Waals surface area contributed by atoms with Gasteiger partial charge in [-0.25, -0.2) is 0 Å². The van der Waals surface area contributed by atoms with E-state index in [1.807, 2.05) is 43.9 Å². The van der Waals surface area contributed by atoms with Crippen LogP contribution in [0, 0.1) is 6.92 Å². The molecule has 4 heteroatoms. The van der Waals surface area contributed by atoms with Crippen molar-refractivity contribution >= 4 is 16.9 Å². The molecule has 1 aromatic heterocycles. The van der Waals surface area contributed by atoms with Crippen LogP contribution in [0.1, 0.15) is 31.4 Å². The molecule has 0 atom stereocenters. The maximum atomic E-state index is 12.5. The first kappa shape index (κ1) is 15.6. The standard InChI is InChI=1S/C17H23NO3/c1-12(2)18(7-4-8-19)17(20)10-14-11-21-16-9-13(3)5-6-15(14)16/h5-6,9,11-12,19H,4,7-8,10H2,1-3H3. The SMILES string of the molecule is Cc1ccc2c(CC(=O)N(CCCO)C(C)C)coc2c1. The maximum Gasteiger partial charge on any atom is 0.227 e. The summed E-state index contributed by atoms with van der Waals surface area (Å²) in [6.07, 6.45) is 2.61. The van der Waals surface area contributed by atoms with Crippen LogP contribution in [0.25, 0.3) is 11.0 Å². The zero-order valence-corrected chi connectivity index (χ0v) is 12.9. The zero-order chi connectivity index (χ0) is 15.4. The largest absolute Gasteiger partial charge is 0.464 e. The van der Waals surface area contributed by atoms with Gasteiger partial charge in [-0.1, -0.05) is 12.1 Å². The molecule has 0 unspecified atom stereocenters. The van der Waals surface area contributed by atoms with Crippen molar-refractivity contribution in [1.29, 1.82) is 0 Å². The van der Waals surface area contributed by atoms with Crippen LogP contribution in [0.2, 0.25) is 0 Å². The molecule has 0 fully saturated rings. The summed E-state index contributed by atoms with van der Waals surface area (Å²) in [5.41, 5.74) is 2.88. The third-order valence-corrected chi connectivity index (χ3v) is 3.65. The molecule has 114 valence electrons. The van der Waals surface area contributed by atoms with Gasteiger partial charge in [-0.05, 0) is 38.8 Å². The molecular weight excluding hydrogens is 266 g/mol. The van der Waals surface area contributed by atoms with Crippen LogP contribution in [0.3, 0.4) is 0 Å². The number of aliphatic hydroxyl groups is 1. The Morgan fingerprint density at radius 2 is 2.14 bits per heavy atom. The van der Waals surface area contributed by atoms with Crippen molar-refractivity contribution in [3.05, 3.63) is 35.6 Å². The minimum absolute atomic E-state index is 0.0710. The van der Waals surface area contributed by atoms with Crippen molar-refractivity contribution in [3.63, 3.8) is 0 Å². The summed E-state index contributed by atoms with van der Waals surface area (Å²) in [5, 5.41) is 9.95. The molecule has 0 bridgehead atoms. The Labute approximate surface area is 125 Å². The highest BCUT2D eigenvalue weighted by molar-refractivity contribution is 5.88. The van der Waals surface area contributed by atoms with Crippen LogP contribution in [-0.2, 0) is 11.2 Å². The number of aliphatic hydroxyl groups excluding tert-OH is 1. The number of nitrogens with zero attached hydrogens (tertiary/aromatic N) is 1. The average molecular weight is 289 g/mol. The van der Waals surface area contributed by atoms with E-state index in [2.05, 4.69) is 0 Å². The number of hydrogen-bond donors (Lipinski definition) is 1. The predicted molar refractivity (Wildman–Crippen MR) is 83.2 cm³/mol. The third kappa shape index (κ3) is 3.64. The van der Waals surface area contributed by atoms with Gasteiger partial charge in [-0.2, -0.15) is 0 Å². The van der Waals surface area contributed by atoms with Crippen LogP contribution in [0.15, 0.2) is 28.9 Å². The fourth-order valence-corrected chi connectivity index (χ4v) is 2.50. The Morgan fingerprint density at radius 1 is 1.38 bits per heavy atom. The lowest BCUT2D eigenvalue weighted by atomic mass is 10.1. The van der Waals surface area contributed by atoms with Crippen LogP contribution in [0.5, 0.6) is 0 Å². The van der Waals surface area contributed by atoms with Crippen molar-refractivity contribution < 1.29 is 14.3 Å². The van der Waals surface area contributed by atoms with E-state index in [1.54, 1.807) is 6.26 Å². The van der Waals surface area contributed by atoms with E-state index in [9.17, 15) is 4.79 Å². The van der Waals surface area contributed by atoms with Gasteiger partial charge in [0.05, 0.1) is 12.7 Å². The van der Waals surface area contributed by atoms with Crippen molar-refractivity contribution in [2.24, 2.45) is 0 Å². The van der Waals surface area contributed by atoms with E-state index in [4.69, 9.17) is 9.52 Å². The van der Waals surface area contributed by atoms with Crippen molar-refractivity contribution in [1.82, 2.24) is 4.90 Å². The molecule has 0 aliphatic rings. The average Bonchev–Trinajstić information content (AvgIpc) is 2.81. The smallest absolute Gasteiger partial charge is 0.227 e. The van der Waals surface area contributed by atoms with Gasteiger partial charge in [-0.15, -0.1) is 0 Å². The van der Waals surface area contributed by atoms with E-state index in [0.29, 0.717) is 19.4 Å². The van der Waals surface area contributed by atoms with Crippen LogP contribution >= 0.6 is 0 Å². The number of aryl methyl sites for hydroxylation is 1. The van der Waals surface area contributed by atoms with Gasteiger partial charge in [0.15, 0.2) is 0 Å². The summed E-state index contributed by atoms with van der Waals surface area (Å²) in [4.78, 5) is 14.3. The summed E-state index contributed by atoms with van der Waals surface area (Å²) in [5.74, 6) is 0.0710. The Kier molecular flexibility index (Phi) is 5.02. The van der Waals surface area contributed by atoms with E-state index < -0.39 is 0 Å². The first-order chi connectivity index (χ1) is 10.0. The van der Waals surface area contributed by atoms with Crippen LogP contribution in [-0.4, -0.2) is 35.1 Å². The van der Waals surface area contributed by atoms with Crippen molar-refractivity contribution in [3.8, 4) is 0 Å². The van der Waals surface area contributed by atoms with E-state index in [1.165, 1.54) is 0 Å². The molecule has 0 saturated carbocycles. The minimum Gasteiger partial charge on any atom is -0.464 e. The summed E-state index contributed by atoms with van der Waals surface area (Å²) in [6, 6.07) is 6.14. The Morgan fingerprint density at radius 3 is 2.81 bits per heavy atom. The van der Waals surface area contributed by atoms with E-state index in [0.717, 1.165) is 22.1 Å². The monoisotopic (exact) mass is 289 g/mol. The Bertz CT molecular complexity index is 616. The highest BCUT2D eigenvalue weighted by Crippen LogP contribution is 2.23. The summed E-state index contributed by atoms with van der Waals surface area (Å²) in [6.45, 7) is 6.69. The summed E-state index contributed by atoms with van der Waals surface area (Å²) >= 11 is 0. The number of fused-ring (bicyclic) bond motifs is 1. The number of amides is 1. The molecule has 4 nitrogen and oxygen atoms in total. The maximum absolute atomic E-state index is 12.5. The van der Waals surface area contributed by atoms with Gasteiger partial charge in [0.1, 0.15) is 5.58 Å². The molecule has 1 aromatic carbocycles. The van der Waals surface area contributed by atoms with Crippen LogP contribution < -0.4 is 0 Å². The van der Waals surface area contributed by atoms with Gasteiger partial charge in [0.2, 0.25) is 5.91 Å². The van der Waals surface area contributed by atoms with E-state index in [-0.39, 0.29) is 18.6 Å². The fourth-order valence-electron chi connectivity index (χ4n) is 2.50. The summed E-state index contributed by atoms with van der Waals surface area (Å²) in [7, 11) is 0. The van der Waals surface area contributed by atoms with Gasteiger partial charge in [0, 0.05) is 30.1 Å². The van der Waals surface area contributed by atoms with Gasteiger partial charge in [-0.3, -0.25) is 4.79 Å². The Hall–Kier alpha value is -1.81. The molecule has 0 aliphatic carbocycles. The fraction of sp³-hybridized carbons (Fsp3) is 0.471. The minimum atomic E-state index is 0.0710. The Balaban J connectivity index is 2.16. The first-order valence-electron chi connectivity index (χ1n) is 7.40. The van der Waals surface area contributed by atoms with Crippen molar-refractivity contribution in [2.75, 3.05) is 13.2 Å². The third-order valence-electron chi connectivity index (χ3n) is 3.65. The normalized spacial score (nSPS) is 11.3. The molecule has 1 amide bonds. The van der Waals surface area contributed by atoms with Crippen molar-refractivity contribution in [2.45, 2.75) is 39.7 Å². The molecule has 0 spiro atoms. The molecule has 1 N–H and O–H groups in total. The van der Waals surface area contributed by atoms with Crippen LogP contribution in [0.4, 0.5) is 0 Å². The quantitative estimate of drug-likeness (QED) is 0.889. The molecule has 1 heterocycles. The zero-order valence-electron chi connectivity index (χ0n) is 12.9. The van der Waals surface area contributed by atoms with Gasteiger partial charge < -0.3 is 14.4 Å². The molecule has 0 saturated heterocycles. The topological polar surface area (TPSA) is 53.7 Å². The molecule has 2 rings (SSSR count). The molecule has 0 aliphatic heterocycles.